The Labute approximate surface area is 95.4 Å². The number of thioether (sulfide) groups is 1. The average molecular weight is 227 g/mol. The minimum atomic E-state index is 0.879. The Bertz CT molecular complexity index is 280. The molecule has 0 aliphatic heterocycles. The largest absolute Gasteiger partial charge is 0.0780 e. The molecule has 0 amide bonds. The van der Waals surface area contributed by atoms with Crippen molar-refractivity contribution >= 4 is 23.4 Å². The second kappa shape index (κ2) is 6.97. The second-order valence-corrected chi connectivity index (χ2v) is 4.81. The predicted molar refractivity (Wildman–Crippen MR) is 65.8 cm³/mol. The number of halogens is 1. The Balaban J connectivity index is 2.40. The van der Waals surface area contributed by atoms with Crippen molar-refractivity contribution in [2.45, 2.75) is 31.1 Å². The zero-order valence-corrected chi connectivity index (χ0v) is 9.94. The molecule has 0 N–H and O–H groups in total. The van der Waals surface area contributed by atoms with Crippen LogP contribution in [0.5, 0.6) is 0 Å². The third-order valence-corrected chi connectivity index (χ3v) is 3.08. The lowest BCUT2D eigenvalue weighted by atomic mass is 10.2. The Morgan fingerprint density at radius 3 is 2.71 bits per heavy atom. The molecule has 14 heavy (non-hydrogen) atoms. The summed E-state index contributed by atoms with van der Waals surface area (Å²) in [5, 5.41) is 0. The number of hydrogen-bond acceptors (Lipinski definition) is 1. The zero-order chi connectivity index (χ0) is 10.2. The molecular formula is C12H15ClS. The molecule has 1 rings (SSSR count). The van der Waals surface area contributed by atoms with E-state index in [1.807, 2.05) is 18.2 Å². The van der Waals surface area contributed by atoms with Crippen LogP contribution in [-0.4, -0.2) is 0 Å². The van der Waals surface area contributed by atoms with Crippen LogP contribution in [0.4, 0.5) is 0 Å². The Morgan fingerprint density at radius 2 is 2.07 bits per heavy atom. The van der Waals surface area contributed by atoms with Crippen LogP contribution in [0.2, 0.25) is 0 Å². The van der Waals surface area contributed by atoms with Crippen LogP contribution < -0.4 is 0 Å². The van der Waals surface area contributed by atoms with Crippen LogP contribution in [0.1, 0.15) is 26.2 Å². The van der Waals surface area contributed by atoms with Crippen molar-refractivity contribution in [1.29, 1.82) is 0 Å². The first-order chi connectivity index (χ1) is 6.83. The normalized spacial score (nSPS) is 11.7. The van der Waals surface area contributed by atoms with Crippen LogP contribution >= 0.6 is 23.4 Å². The van der Waals surface area contributed by atoms with E-state index in [4.69, 9.17) is 11.6 Å². The van der Waals surface area contributed by atoms with Crippen LogP contribution in [0.15, 0.2) is 45.7 Å². The minimum Gasteiger partial charge on any atom is -0.0780 e. The van der Waals surface area contributed by atoms with E-state index in [1.54, 1.807) is 11.8 Å². The van der Waals surface area contributed by atoms with Gasteiger partial charge in [-0.05, 0) is 18.6 Å². The van der Waals surface area contributed by atoms with Gasteiger partial charge in [-0.3, -0.25) is 0 Å². The van der Waals surface area contributed by atoms with Crippen molar-refractivity contribution in [2.24, 2.45) is 0 Å². The summed E-state index contributed by atoms with van der Waals surface area (Å²) in [7, 11) is 0. The maximum absolute atomic E-state index is 6.08. The van der Waals surface area contributed by atoms with E-state index < -0.39 is 0 Å². The van der Waals surface area contributed by atoms with Gasteiger partial charge in [0.15, 0.2) is 0 Å². The predicted octanol–water partition coefficient (Wildman–Crippen LogP) is 5.05. The molecule has 0 nitrogen and oxygen atoms in total. The lowest BCUT2D eigenvalue weighted by Gasteiger charge is -1.98. The highest BCUT2D eigenvalue weighted by molar-refractivity contribution is 8.04. The van der Waals surface area contributed by atoms with Crippen molar-refractivity contribution in [3.63, 3.8) is 0 Å². The molecule has 0 saturated heterocycles. The van der Waals surface area contributed by atoms with Gasteiger partial charge in [-0.15, -0.1) is 0 Å². The summed E-state index contributed by atoms with van der Waals surface area (Å²) in [6, 6.07) is 10.2. The summed E-state index contributed by atoms with van der Waals surface area (Å²) in [5.41, 5.74) is 0. The third-order valence-electron chi connectivity index (χ3n) is 1.82. The quantitative estimate of drug-likeness (QED) is 0.500. The fourth-order valence-electron chi connectivity index (χ4n) is 1.06. The van der Waals surface area contributed by atoms with Gasteiger partial charge in [0.25, 0.3) is 0 Å². The number of hydrogen-bond donors (Lipinski definition) is 0. The van der Waals surface area contributed by atoms with Gasteiger partial charge < -0.3 is 0 Å². The van der Waals surface area contributed by atoms with Gasteiger partial charge in [0.1, 0.15) is 0 Å². The molecule has 0 aliphatic rings. The van der Waals surface area contributed by atoms with E-state index >= 15 is 0 Å². The molecule has 0 atom stereocenters. The number of rotatable bonds is 5. The Kier molecular flexibility index (Phi) is 5.81. The molecule has 2 heteroatoms. The van der Waals surface area contributed by atoms with Crippen molar-refractivity contribution in [1.82, 2.24) is 0 Å². The van der Waals surface area contributed by atoms with Gasteiger partial charge >= 0.3 is 0 Å². The van der Waals surface area contributed by atoms with Gasteiger partial charge in [0, 0.05) is 4.90 Å². The van der Waals surface area contributed by atoms with Gasteiger partial charge in [-0.2, -0.15) is 0 Å². The standard InChI is InChI=1S/C12H15ClS/c1-2-3-5-10-12(13)14-11-8-6-4-7-9-11/h4,6-10H,2-3,5H2,1H3/b12-10+. The average Bonchev–Trinajstić information content (AvgIpc) is 2.20. The van der Waals surface area contributed by atoms with Gasteiger partial charge in [0.05, 0.1) is 4.36 Å². The van der Waals surface area contributed by atoms with E-state index in [2.05, 4.69) is 25.1 Å². The molecule has 0 bridgehead atoms. The topological polar surface area (TPSA) is 0 Å². The van der Waals surface area contributed by atoms with Gasteiger partial charge in [-0.25, -0.2) is 0 Å². The maximum Gasteiger partial charge on any atom is 0.0742 e. The summed E-state index contributed by atoms with van der Waals surface area (Å²) in [4.78, 5) is 1.20. The zero-order valence-electron chi connectivity index (χ0n) is 8.37. The lowest BCUT2D eigenvalue weighted by Crippen LogP contribution is -1.71. The minimum absolute atomic E-state index is 0.879. The van der Waals surface area contributed by atoms with Gasteiger partial charge in [0.2, 0.25) is 0 Å². The highest BCUT2D eigenvalue weighted by Crippen LogP contribution is 2.29. The summed E-state index contributed by atoms with van der Waals surface area (Å²) < 4.78 is 0.879. The molecule has 1 aromatic carbocycles. The fraction of sp³-hybridized carbons (Fsp3) is 0.333. The third kappa shape index (κ3) is 4.73. The lowest BCUT2D eigenvalue weighted by molar-refractivity contribution is 0.815. The number of unbranched alkanes of at least 4 members (excludes halogenated alkanes) is 2. The van der Waals surface area contributed by atoms with Crippen LogP contribution in [-0.2, 0) is 0 Å². The van der Waals surface area contributed by atoms with E-state index in [1.165, 1.54) is 17.7 Å². The molecule has 0 unspecified atom stereocenters. The summed E-state index contributed by atoms with van der Waals surface area (Å²) in [6.07, 6.45) is 5.61. The SMILES string of the molecule is CCCC/C=C(\Cl)Sc1ccccc1. The van der Waals surface area contributed by atoms with Crippen molar-refractivity contribution in [3.05, 3.63) is 40.8 Å². The van der Waals surface area contributed by atoms with E-state index in [-0.39, 0.29) is 0 Å². The molecule has 0 radical (unpaired) electrons. The van der Waals surface area contributed by atoms with Crippen LogP contribution in [0.3, 0.4) is 0 Å². The number of allylic oxidation sites excluding steroid dienone is 1. The highest BCUT2D eigenvalue weighted by atomic mass is 35.5. The van der Waals surface area contributed by atoms with E-state index in [0.717, 1.165) is 10.8 Å². The summed E-state index contributed by atoms with van der Waals surface area (Å²) >= 11 is 7.70. The van der Waals surface area contributed by atoms with Gasteiger partial charge in [-0.1, -0.05) is 67.4 Å². The molecule has 76 valence electrons. The monoisotopic (exact) mass is 226 g/mol. The summed E-state index contributed by atoms with van der Waals surface area (Å²) in [6.45, 7) is 2.19. The Morgan fingerprint density at radius 1 is 1.36 bits per heavy atom. The Hall–Kier alpha value is -0.400. The first-order valence-electron chi connectivity index (χ1n) is 4.91. The second-order valence-electron chi connectivity index (χ2n) is 3.07. The first-order valence-corrected chi connectivity index (χ1v) is 6.11. The molecule has 0 aliphatic carbocycles. The van der Waals surface area contributed by atoms with Crippen molar-refractivity contribution in [2.75, 3.05) is 0 Å². The fourth-order valence-corrected chi connectivity index (χ4v) is 2.16. The van der Waals surface area contributed by atoms with E-state index in [0.29, 0.717) is 0 Å². The molecule has 0 spiro atoms. The molecule has 1 aromatic rings. The molecule has 0 saturated carbocycles. The molecule has 0 aromatic heterocycles. The van der Waals surface area contributed by atoms with Crippen LogP contribution in [0.25, 0.3) is 0 Å². The smallest absolute Gasteiger partial charge is 0.0742 e. The number of benzene rings is 1. The summed E-state index contributed by atoms with van der Waals surface area (Å²) in [5.74, 6) is 0. The van der Waals surface area contributed by atoms with Crippen molar-refractivity contribution < 1.29 is 0 Å². The molecule has 0 fully saturated rings. The van der Waals surface area contributed by atoms with Crippen LogP contribution in [0, 0.1) is 0 Å². The molecular weight excluding hydrogens is 212 g/mol. The molecule has 0 heterocycles. The van der Waals surface area contributed by atoms with Crippen molar-refractivity contribution in [3.8, 4) is 0 Å². The maximum atomic E-state index is 6.08. The highest BCUT2D eigenvalue weighted by Gasteiger charge is 1.95. The van der Waals surface area contributed by atoms with E-state index in [9.17, 15) is 0 Å². The first kappa shape index (κ1) is 11.7.